The van der Waals surface area contributed by atoms with Crippen LogP contribution in [-0.4, -0.2) is 31.7 Å². The first kappa shape index (κ1) is 15.1. The molecule has 102 valence electrons. The molecule has 18 heavy (non-hydrogen) atoms. The van der Waals surface area contributed by atoms with Gasteiger partial charge in [0.1, 0.15) is 0 Å². The normalized spacial score (nSPS) is 13.4. The van der Waals surface area contributed by atoms with Gasteiger partial charge in [0.05, 0.1) is 5.75 Å². The molecular weight excluding hydrogens is 250 g/mol. The maximum Gasteiger partial charge on any atom is 0.211 e. The average molecular weight is 271 g/mol. The van der Waals surface area contributed by atoms with Crippen molar-refractivity contribution in [2.75, 3.05) is 12.3 Å². The fraction of sp³-hybridized carbons (Fsp3) is 0.583. The molecule has 0 spiro atoms. The van der Waals surface area contributed by atoms with Crippen LogP contribution in [0.2, 0.25) is 0 Å². The zero-order valence-electron chi connectivity index (χ0n) is 10.7. The number of pyridine rings is 1. The maximum absolute atomic E-state index is 11.7. The average Bonchev–Trinajstić information content (AvgIpc) is 2.37. The van der Waals surface area contributed by atoms with E-state index < -0.39 is 10.0 Å². The van der Waals surface area contributed by atoms with Crippen LogP contribution in [0.25, 0.3) is 0 Å². The second-order valence-corrected chi connectivity index (χ2v) is 6.20. The third kappa shape index (κ3) is 6.09. The molecule has 0 saturated carbocycles. The van der Waals surface area contributed by atoms with E-state index in [1.807, 2.05) is 19.1 Å². The highest BCUT2D eigenvalue weighted by atomic mass is 32.2. The van der Waals surface area contributed by atoms with Crippen molar-refractivity contribution >= 4 is 10.0 Å². The van der Waals surface area contributed by atoms with Crippen LogP contribution in [0.5, 0.6) is 0 Å². The highest BCUT2D eigenvalue weighted by Crippen LogP contribution is 2.00. The highest BCUT2D eigenvalue weighted by molar-refractivity contribution is 7.89. The first-order chi connectivity index (χ1) is 8.53. The lowest BCUT2D eigenvalue weighted by molar-refractivity contribution is 0.557. The van der Waals surface area contributed by atoms with Gasteiger partial charge in [0, 0.05) is 25.0 Å². The van der Waals surface area contributed by atoms with E-state index in [4.69, 9.17) is 5.73 Å². The van der Waals surface area contributed by atoms with Crippen LogP contribution in [0.15, 0.2) is 24.5 Å². The van der Waals surface area contributed by atoms with Crippen LogP contribution in [-0.2, 0) is 16.4 Å². The van der Waals surface area contributed by atoms with E-state index in [0.717, 1.165) is 12.0 Å². The van der Waals surface area contributed by atoms with Gasteiger partial charge in [-0.15, -0.1) is 0 Å². The van der Waals surface area contributed by atoms with Gasteiger partial charge in [-0.05, 0) is 37.0 Å². The number of rotatable bonds is 8. The Morgan fingerprint density at radius 1 is 1.39 bits per heavy atom. The molecule has 5 nitrogen and oxygen atoms in total. The lowest BCUT2D eigenvalue weighted by atomic mass is 10.2. The molecular formula is C12H21N3O2S. The first-order valence-electron chi connectivity index (χ1n) is 6.15. The minimum Gasteiger partial charge on any atom is -0.328 e. The van der Waals surface area contributed by atoms with Crippen molar-refractivity contribution in [1.29, 1.82) is 0 Å². The molecule has 1 unspecified atom stereocenters. The Kier molecular flexibility index (Phi) is 6.24. The molecule has 1 atom stereocenters. The van der Waals surface area contributed by atoms with E-state index in [1.54, 1.807) is 12.4 Å². The summed E-state index contributed by atoms with van der Waals surface area (Å²) in [5.41, 5.74) is 6.70. The number of hydrogen-bond acceptors (Lipinski definition) is 4. The largest absolute Gasteiger partial charge is 0.328 e. The zero-order chi connectivity index (χ0) is 13.4. The molecule has 0 radical (unpaired) electrons. The van der Waals surface area contributed by atoms with Gasteiger partial charge < -0.3 is 5.73 Å². The van der Waals surface area contributed by atoms with E-state index in [2.05, 4.69) is 9.71 Å². The summed E-state index contributed by atoms with van der Waals surface area (Å²) in [5.74, 6) is 0.0956. The minimum absolute atomic E-state index is 0.0629. The number of aromatic nitrogens is 1. The molecule has 0 aliphatic heterocycles. The molecule has 1 rings (SSSR count). The fourth-order valence-electron chi connectivity index (χ4n) is 1.48. The third-order valence-electron chi connectivity index (χ3n) is 2.77. The SMILES string of the molecule is CCC(N)CCNS(=O)(=O)CCc1ccncc1. The summed E-state index contributed by atoms with van der Waals surface area (Å²) in [6.07, 6.45) is 5.35. The van der Waals surface area contributed by atoms with Gasteiger partial charge in [0.2, 0.25) is 10.0 Å². The molecule has 3 N–H and O–H groups in total. The van der Waals surface area contributed by atoms with E-state index in [-0.39, 0.29) is 11.8 Å². The number of hydrogen-bond donors (Lipinski definition) is 2. The minimum atomic E-state index is -3.21. The smallest absolute Gasteiger partial charge is 0.211 e. The highest BCUT2D eigenvalue weighted by Gasteiger charge is 2.10. The molecule has 1 aromatic rings. The van der Waals surface area contributed by atoms with Gasteiger partial charge in [-0.2, -0.15) is 0 Å². The van der Waals surface area contributed by atoms with Crippen LogP contribution >= 0.6 is 0 Å². The monoisotopic (exact) mass is 271 g/mol. The van der Waals surface area contributed by atoms with Crippen LogP contribution in [0.4, 0.5) is 0 Å². The number of nitrogens with two attached hydrogens (primary N) is 1. The first-order valence-corrected chi connectivity index (χ1v) is 7.80. The third-order valence-corrected chi connectivity index (χ3v) is 4.16. The Bertz CT molecular complexity index is 434. The Balaban J connectivity index is 2.32. The topological polar surface area (TPSA) is 85.1 Å². The molecule has 0 saturated heterocycles. The Morgan fingerprint density at radius 2 is 2.06 bits per heavy atom. The fourth-order valence-corrected chi connectivity index (χ4v) is 2.56. The van der Waals surface area contributed by atoms with Crippen molar-refractivity contribution in [3.63, 3.8) is 0 Å². The molecule has 0 aliphatic rings. The Morgan fingerprint density at radius 3 is 2.67 bits per heavy atom. The molecule has 0 amide bonds. The van der Waals surface area contributed by atoms with Crippen LogP contribution in [0, 0.1) is 0 Å². The summed E-state index contributed by atoms with van der Waals surface area (Å²) >= 11 is 0. The zero-order valence-corrected chi connectivity index (χ0v) is 11.5. The number of nitrogens with one attached hydrogen (secondary N) is 1. The van der Waals surface area contributed by atoms with Crippen molar-refractivity contribution in [2.24, 2.45) is 5.73 Å². The van der Waals surface area contributed by atoms with Crippen molar-refractivity contribution in [3.8, 4) is 0 Å². The predicted molar refractivity (Wildman–Crippen MR) is 72.6 cm³/mol. The van der Waals surface area contributed by atoms with Crippen molar-refractivity contribution < 1.29 is 8.42 Å². The van der Waals surface area contributed by atoms with Gasteiger partial charge in [-0.25, -0.2) is 13.1 Å². The molecule has 6 heteroatoms. The lowest BCUT2D eigenvalue weighted by Crippen LogP contribution is -2.32. The standard InChI is InChI=1S/C12H21N3O2S/c1-2-12(13)5-9-15-18(16,17)10-6-11-3-7-14-8-4-11/h3-4,7-8,12,15H,2,5-6,9-10,13H2,1H3. The summed E-state index contributed by atoms with van der Waals surface area (Å²) in [4.78, 5) is 3.89. The second kappa shape index (κ2) is 7.45. The number of aryl methyl sites for hydroxylation is 1. The number of nitrogens with zero attached hydrogens (tertiary/aromatic N) is 1. The predicted octanol–water partition coefficient (Wildman–Crippen LogP) is 0.671. The molecule has 1 aromatic heterocycles. The molecule has 0 aromatic carbocycles. The van der Waals surface area contributed by atoms with E-state index in [0.29, 0.717) is 19.4 Å². The van der Waals surface area contributed by atoms with Crippen LogP contribution in [0.1, 0.15) is 25.3 Å². The van der Waals surface area contributed by atoms with Crippen molar-refractivity contribution in [1.82, 2.24) is 9.71 Å². The maximum atomic E-state index is 11.7. The van der Waals surface area contributed by atoms with Crippen molar-refractivity contribution in [2.45, 2.75) is 32.2 Å². The van der Waals surface area contributed by atoms with E-state index >= 15 is 0 Å². The molecule has 0 fully saturated rings. The van der Waals surface area contributed by atoms with Crippen LogP contribution in [0.3, 0.4) is 0 Å². The quantitative estimate of drug-likeness (QED) is 0.728. The summed E-state index contributed by atoms with van der Waals surface area (Å²) < 4.78 is 26.0. The summed E-state index contributed by atoms with van der Waals surface area (Å²) in [5, 5.41) is 0. The molecule has 0 bridgehead atoms. The second-order valence-electron chi connectivity index (χ2n) is 4.28. The Labute approximate surface area is 109 Å². The summed E-state index contributed by atoms with van der Waals surface area (Å²) in [7, 11) is -3.21. The van der Waals surface area contributed by atoms with Gasteiger partial charge in [0.25, 0.3) is 0 Å². The van der Waals surface area contributed by atoms with Gasteiger partial charge in [-0.3, -0.25) is 4.98 Å². The van der Waals surface area contributed by atoms with Gasteiger partial charge in [0.15, 0.2) is 0 Å². The molecule has 1 heterocycles. The van der Waals surface area contributed by atoms with Crippen LogP contribution < -0.4 is 10.5 Å². The van der Waals surface area contributed by atoms with Gasteiger partial charge in [-0.1, -0.05) is 6.92 Å². The Hall–Kier alpha value is -0.980. The van der Waals surface area contributed by atoms with Crippen molar-refractivity contribution in [3.05, 3.63) is 30.1 Å². The van der Waals surface area contributed by atoms with E-state index in [9.17, 15) is 8.42 Å². The number of sulfonamides is 1. The van der Waals surface area contributed by atoms with E-state index in [1.165, 1.54) is 0 Å². The molecule has 0 aliphatic carbocycles. The van der Waals surface area contributed by atoms with Gasteiger partial charge >= 0.3 is 0 Å². The lowest BCUT2D eigenvalue weighted by Gasteiger charge is -2.10. The summed E-state index contributed by atoms with van der Waals surface area (Å²) in [6, 6.07) is 3.71. The summed E-state index contributed by atoms with van der Waals surface area (Å²) in [6.45, 7) is 2.40.